The van der Waals surface area contributed by atoms with E-state index in [4.69, 9.17) is 9.84 Å². The van der Waals surface area contributed by atoms with Gasteiger partial charge in [-0.2, -0.15) is 0 Å². The van der Waals surface area contributed by atoms with Crippen LogP contribution in [0.4, 0.5) is 0 Å². The van der Waals surface area contributed by atoms with Gasteiger partial charge in [-0.15, -0.1) is 0 Å². The van der Waals surface area contributed by atoms with Crippen molar-refractivity contribution in [2.75, 3.05) is 6.61 Å². The molecule has 8 heteroatoms. The number of carbonyl (C=O) groups excluding carboxylic acids is 3. The monoisotopic (exact) mass is 418 g/mol. The minimum Gasteiger partial charge on any atom is -0.481 e. The van der Waals surface area contributed by atoms with Crippen LogP contribution in [-0.2, 0) is 32.1 Å². The van der Waals surface area contributed by atoms with Crippen LogP contribution in [0.2, 0.25) is 0 Å². The normalized spacial score (nSPS) is 13.0. The van der Waals surface area contributed by atoms with Crippen LogP contribution in [0.3, 0.4) is 0 Å². The van der Waals surface area contributed by atoms with Crippen LogP contribution in [0.1, 0.15) is 21.5 Å². The molecule has 0 radical (unpaired) electrons. The molecule has 1 aliphatic heterocycles. The molecule has 0 saturated heterocycles. The van der Waals surface area contributed by atoms with Crippen LogP contribution in [0.5, 0.6) is 0 Å². The van der Waals surface area contributed by atoms with Crippen LogP contribution < -0.4 is 5.32 Å². The number of hydrogen-bond donors (Lipinski definition) is 2. The maximum absolute atomic E-state index is 12.8. The van der Waals surface area contributed by atoms with Gasteiger partial charge in [-0.3, -0.25) is 14.4 Å². The molecular formula is C23H18N2O6. The third-order valence-corrected chi connectivity index (χ3v) is 4.91. The van der Waals surface area contributed by atoms with E-state index < -0.39 is 23.6 Å². The number of cyclic esters (lactones) is 1. The molecule has 2 N–H and O–H groups in total. The average Bonchev–Trinajstić information content (AvgIpc) is 3.32. The van der Waals surface area contributed by atoms with E-state index in [0.29, 0.717) is 17.5 Å². The van der Waals surface area contributed by atoms with E-state index in [2.05, 4.69) is 5.32 Å². The molecule has 3 aromatic rings. The lowest BCUT2D eigenvalue weighted by atomic mass is 10.1. The topological polar surface area (TPSA) is 115 Å². The number of ether oxygens (including phenoxy) is 1. The third-order valence-electron chi connectivity index (χ3n) is 4.91. The number of aliphatic carboxylic acids is 1. The highest BCUT2D eigenvalue weighted by atomic mass is 16.5. The van der Waals surface area contributed by atoms with Crippen molar-refractivity contribution in [1.29, 1.82) is 0 Å². The SMILES string of the molecule is O=C(O)Cc1ccc(Cn2cc(C(=O)C(=O)NC3=CC(=O)OC3)c3ccccc32)cc1. The molecule has 0 bridgehead atoms. The van der Waals surface area contributed by atoms with Gasteiger partial charge in [0, 0.05) is 29.7 Å². The number of aromatic nitrogens is 1. The molecule has 2 aromatic carbocycles. The van der Waals surface area contributed by atoms with Gasteiger partial charge in [0.15, 0.2) is 0 Å². The molecule has 1 aromatic heterocycles. The number of fused-ring (bicyclic) bond motifs is 1. The fourth-order valence-corrected chi connectivity index (χ4v) is 3.46. The Morgan fingerprint density at radius 3 is 2.42 bits per heavy atom. The molecule has 2 heterocycles. The Morgan fingerprint density at radius 1 is 1.03 bits per heavy atom. The number of hydrogen-bond acceptors (Lipinski definition) is 5. The van der Waals surface area contributed by atoms with Gasteiger partial charge in [0.1, 0.15) is 6.61 Å². The van der Waals surface area contributed by atoms with Crippen molar-refractivity contribution in [2.24, 2.45) is 0 Å². The molecule has 1 aliphatic rings. The van der Waals surface area contributed by atoms with Crippen LogP contribution in [0.25, 0.3) is 10.9 Å². The lowest BCUT2D eigenvalue weighted by molar-refractivity contribution is -0.136. The number of para-hydroxylation sites is 1. The molecule has 0 spiro atoms. The number of nitrogens with zero attached hydrogens (tertiary/aromatic N) is 1. The van der Waals surface area contributed by atoms with Crippen LogP contribution in [0, 0.1) is 0 Å². The van der Waals surface area contributed by atoms with Crippen molar-refractivity contribution in [2.45, 2.75) is 13.0 Å². The number of amides is 1. The zero-order chi connectivity index (χ0) is 22.0. The number of benzene rings is 2. The van der Waals surface area contributed by atoms with E-state index in [0.717, 1.165) is 17.2 Å². The first-order valence-electron chi connectivity index (χ1n) is 9.51. The molecule has 31 heavy (non-hydrogen) atoms. The summed E-state index contributed by atoms with van der Waals surface area (Å²) in [6, 6.07) is 14.4. The minimum atomic E-state index is -0.894. The van der Waals surface area contributed by atoms with Crippen LogP contribution in [-0.4, -0.2) is 39.9 Å². The molecule has 0 unspecified atom stereocenters. The van der Waals surface area contributed by atoms with E-state index in [9.17, 15) is 19.2 Å². The highest BCUT2D eigenvalue weighted by molar-refractivity contribution is 6.45. The van der Waals surface area contributed by atoms with Crippen molar-refractivity contribution in [1.82, 2.24) is 9.88 Å². The lowest BCUT2D eigenvalue weighted by Crippen LogP contribution is -2.31. The number of carbonyl (C=O) groups is 4. The maximum atomic E-state index is 12.8. The van der Waals surface area contributed by atoms with E-state index in [1.807, 2.05) is 28.8 Å². The Hall–Kier alpha value is -4.20. The highest BCUT2D eigenvalue weighted by Gasteiger charge is 2.24. The second-order valence-corrected chi connectivity index (χ2v) is 7.14. The molecule has 4 rings (SSSR count). The first kappa shape index (κ1) is 20.1. The lowest BCUT2D eigenvalue weighted by Gasteiger charge is -2.06. The summed E-state index contributed by atoms with van der Waals surface area (Å²) in [5, 5.41) is 12.0. The first-order valence-corrected chi connectivity index (χ1v) is 9.51. The third kappa shape index (κ3) is 4.37. The number of rotatable bonds is 7. The molecule has 0 fully saturated rings. The van der Waals surface area contributed by atoms with Gasteiger partial charge in [0.2, 0.25) is 0 Å². The average molecular weight is 418 g/mol. The van der Waals surface area contributed by atoms with E-state index in [-0.39, 0.29) is 24.3 Å². The second-order valence-electron chi connectivity index (χ2n) is 7.14. The molecule has 0 atom stereocenters. The predicted molar refractivity (Wildman–Crippen MR) is 110 cm³/mol. The van der Waals surface area contributed by atoms with Gasteiger partial charge < -0.3 is 19.7 Å². The van der Waals surface area contributed by atoms with Crippen molar-refractivity contribution in [3.05, 3.63) is 83.2 Å². The van der Waals surface area contributed by atoms with E-state index in [1.54, 1.807) is 30.5 Å². The summed E-state index contributed by atoms with van der Waals surface area (Å²) in [4.78, 5) is 47.2. The second kappa shape index (κ2) is 8.27. The fourth-order valence-electron chi connectivity index (χ4n) is 3.46. The number of esters is 1. The van der Waals surface area contributed by atoms with E-state index >= 15 is 0 Å². The van der Waals surface area contributed by atoms with Crippen molar-refractivity contribution in [3.63, 3.8) is 0 Å². The summed E-state index contributed by atoms with van der Waals surface area (Å²) in [6.45, 7) is 0.369. The standard InChI is InChI=1S/C23H18N2O6/c26-20(27)9-14-5-7-15(8-6-14)11-25-12-18(17-3-1-2-4-19(17)25)22(29)23(30)24-16-10-21(28)31-13-16/h1-8,10,12H,9,11,13H2,(H,24,30)(H,26,27). The quantitative estimate of drug-likeness (QED) is 0.345. The zero-order valence-corrected chi connectivity index (χ0v) is 16.3. The number of Topliss-reactive ketones (excluding diaryl/α,β-unsaturated/α-hetero) is 1. The van der Waals surface area contributed by atoms with Gasteiger partial charge in [-0.05, 0) is 17.2 Å². The first-order chi connectivity index (χ1) is 14.9. The van der Waals surface area contributed by atoms with Crippen molar-refractivity contribution in [3.8, 4) is 0 Å². The Labute approximate surface area is 176 Å². The minimum absolute atomic E-state index is 0.0481. The van der Waals surface area contributed by atoms with Crippen LogP contribution >= 0.6 is 0 Å². The summed E-state index contributed by atoms with van der Waals surface area (Å²) in [7, 11) is 0. The molecule has 1 amide bonds. The van der Waals surface area contributed by atoms with E-state index in [1.165, 1.54) is 0 Å². The fraction of sp³-hybridized carbons (Fsp3) is 0.130. The Morgan fingerprint density at radius 2 is 1.74 bits per heavy atom. The summed E-state index contributed by atoms with van der Waals surface area (Å²) >= 11 is 0. The highest BCUT2D eigenvalue weighted by Crippen LogP contribution is 2.23. The maximum Gasteiger partial charge on any atom is 0.333 e. The van der Waals surface area contributed by atoms with Gasteiger partial charge in [0.05, 0.1) is 17.7 Å². The van der Waals surface area contributed by atoms with Gasteiger partial charge in [-0.1, -0.05) is 42.5 Å². The predicted octanol–water partition coefficient (Wildman–Crippen LogP) is 2.06. The molecule has 8 nitrogen and oxygen atoms in total. The molecule has 156 valence electrons. The zero-order valence-electron chi connectivity index (χ0n) is 16.3. The van der Waals surface area contributed by atoms with Crippen molar-refractivity contribution >= 4 is 34.5 Å². The van der Waals surface area contributed by atoms with Gasteiger partial charge in [-0.25, -0.2) is 4.79 Å². The number of carboxylic acid groups (broad SMARTS) is 1. The van der Waals surface area contributed by atoms with Crippen molar-refractivity contribution < 1.29 is 29.0 Å². The Bertz CT molecular complexity index is 1240. The molecular weight excluding hydrogens is 400 g/mol. The van der Waals surface area contributed by atoms with Gasteiger partial charge in [0.25, 0.3) is 11.7 Å². The van der Waals surface area contributed by atoms with Crippen LogP contribution in [0.15, 0.2) is 66.5 Å². The summed E-state index contributed by atoms with van der Waals surface area (Å²) in [6.07, 6.45) is 2.72. The smallest absolute Gasteiger partial charge is 0.333 e. The van der Waals surface area contributed by atoms with Gasteiger partial charge >= 0.3 is 11.9 Å². The summed E-state index contributed by atoms with van der Waals surface area (Å²) < 4.78 is 6.59. The largest absolute Gasteiger partial charge is 0.481 e. The number of nitrogens with one attached hydrogen (secondary N) is 1. The Kier molecular flexibility index (Phi) is 5.36. The molecule has 0 saturated carbocycles. The number of ketones is 1. The molecule has 0 aliphatic carbocycles. The summed E-state index contributed by atoms with van der Waals surface area (Å²) in [5.41, 5.74) is 2.90. The Balaban J connectivity index is 1.59. The summed E-state index contributed by atoms with van der Waals surface area (Å²) in [5.74, 6) is -3.01. The number of carboxylic acids is 1.